The molecular formula is C18H25ClN2S. The van der Waals surface area contributed by atoms with Gasteiger partial charge in [-0.1, -0.05) is 30.3 Å². The summed E-state index contributed by atoms with van der Waals surface area (Å²) in [5.41, 5.74) is 2.58. The number of nitrogens with one attached hydrogen (secondary N) is 1. The lowest BCUT2D eigenvalue weighted by Gasteiger charge is -2.27. The molecule has 4 heteroatoms. The maximum atomic E-state index is 2.44. The fraction of sp³-hybridized carbons (Fsp3) is 0.333. The number of benzene rings is 2. The fourth-order valence-electron chi connectivity index (χ4n) is 2.44. The van der Waals surface area contributed by atoms with E-state index < -0.39 is 0 Å². The summed E-state index contributed by atoms with van der Waals surface area (Å²) in [5.74, 6) is 0. The summed E-state index contributed by atoms with van der Waals surface area (Å²) in [6.07, 6.45) is 3.33. The standard InChI is InChI=1S/C18H24N2S.ClH/c1-19(2)14-9-15-20(16-10-5-4-6-11-16)17-12-7-8-13-18(17)21-3;/h4-8,10-13H,9,14-15H2,1-3H3;1H. The number of hydrogen-bond donors (Lipinski definition) is 1. The zero-order chi connectivity index (χ0) is 15.1. The molecule has 0 saturated carbocycles. The molecule has 0 atom stereocenters. The van der Waals surface area contributed by atoms with Crippen molar-refractivity contribution < 1.29 is 17.3 Å². The van der Waals surface area contributed by atoms with Gasteiger partial charge < -0.3 is 22.2 Å². The first-order chi connectivity index (χ1) is 10.2. The maximum Gasteiger partial charge on any atom is 0.0784 e. The van der Waals surface area contributed by atoms with Crippen molar-refractivity contribution in [2.75, 3.05) is 38.3 Å². The van der Waals surface area contributed by atoms with Crippen molar-refractivity contribution in [2.24, 2.45) is 0 Å². The van der Waals surface area contributed by atoms with Gasteiger partial charge in [0.15, 0.2) is 0 Å². The first kappa shape index (κ1) is 18.9. The highest BCUT2D eigenvalue weighted by Crippen LogP contribution is 2.33. The highest BCUT2D eigenvalue weighted by Gasteiger charge is 2.12. The van der Waals surface area contributed by atoms with Crippen molar-refractivity contribution in [3.63, 3.8) is 0 Å². The number of halogens is 1. The van der Waals surface area contributed by atoms with Crippen molar-refractivity contribution in [3.05, 3.63) is 54.6 Å². The Kier molecular flexibility index (Phi) is 8.39. The molecule has 2 aromatic rings. The molecule has 1 N–H and O–H groups in total. The number of hydrogen-bond acceptors (Lipinski definition) is 2. The third-order valence-corrected chi connectivity index (χ3v) is 4.29. The van der Waals surface area contributed by atoms with Gasteiger partial charge in [-0.3, -0.25) is 0 Å². The van der Waals surface area contributed by atoms with Gasteiger partial charge >= 0.3 is 0 Å². The quantitative estimate of drug-likeness (QED) is 0.717. The molecule has 0 aromatic heterocycles. The largest absolute Gasteiger partial charge is 1.00 e. The van der Waals surface area contributed by atoms with Gasteiger partial charge in [0.2, 0.25) is 0 Å². The molecule has 120 valence electrons. The van der Waals surface area contributed by atoms with Crippen molar-refractivity contribution >= 4 is 23.1 Å². The van der Waals surface area contributed by atoms with Gasteiger partial charge in [0, 0.05) is 23.5 Å². The minimum absolute atomic E-state index is 0. The van der Waals surface area contributed by atoms with E-state index in [1.165, 1.54) is 34.1 Å². The van der Waals surface area contributed by atoms with Crippen LogP contribution in [0.3, 0.4) is 0 Å². The molecule has 0 spiro atoms. The van der Waals surface area contributed by atoms with Crippen LogP contribution in [0.25, 0.3) is 0 Å². The normalized spacial score (nSPS) is 10.4. The van der Waals surface area contributed by atoms with E-state index >= 15 is 0 Å². The zero-order valence-electron chi connectivity index (χ0n) is 13.6. The molecular weight excluding hydrogens is 312 g/mol. The van der Waals surface area contributed by atoms with Crippen LogP contribution < -0.4 is 22.2 Å². The van der Waals surface area contributed by atoms with Gasteiger partial charge in [0.1, 0.15) is 0 Å². The molecule has 0 aliphatic rings. The Bertz CT molecular complexity index is 546. The molecule has 2 rings (SSSR count). The number of para-hydroxylation sites is 2. The van der Waals surface area contributed by atoms with Crippen LogP contribution in [-0.2, 0) is 0 Å². The molecule has 0 heterocycles. The summed E-state index contributed by atoms with van der Waals surface area (Å²) in [6, 6.07) is 19.4. The predicted octanol–water partition coefficient (Wildman–Crippen LogP) is 0.0852. The Labute approximate surface area is 144 Å². The predicted molar refractivity (Wildman–Crippen MR) is 94.0 cm³/mol. The highest BCUT2D eigenvalue weighted by atomic mass is 35.5. The summed E-state index contributed by atoms with van der Waals surface area (Å²) in [5, 5.41) is 0. The molecule has 22 heavy (non-hydrogen) atoms. The van der Waals surface area contributed by atoms with E-state index in [1.807, 2.05) is 11.8 Å². The molecule has 0 amide bonds. The van der Waals surface area contributed by atoms with Crippen molar-refractivity contribution in [1.29, 1.82) is 0 Å². The Morgan fingerprint density at radius 2 is 1.59 bits per heavy atom. The minimum atomic E-state index is 0. The summed E-state index contributed by atoms with van der Waals surface area (Å²) in [4.78, 5) is 5.27. The molecule has 2 aromatic carbocycles. The monoisotopic (exact) mass is 336 g/mol. The van der Waals surface area contributed by atoms with Crippen LogP contribution in [-0.4, -0.2) is 33.4 Å². The van der Waals surface area contributed by atoms with E-state index in [2.05, 4.69) is 79.8 Å². The number of quaternary nitrogens is 1. The molecule has 0 saturated heterocycles. The number of rotatable bonds is 7. The second kappa shape index (κ2) is 9.78. The van der Waals surface area contributed by atoms with E-state index in [0.29, 0.717) is 0 Å². The average molecular weight is 337 g/mol. The van der Waals surface area contributed by atoms with E-state index in [-0.39, 0.29) is 12.4 Å². The van der Waals surface area contributed by atoms with Crippen molar-refractivity contribution in [3.8, 4) is 0 Å². The summed E-state index contributed by atoms with van der Waals surface area (Å²) in [6.45, 7) is 2.23. The van der Waals surface area contributed by atoms with Gasteiger partial charge in [-0.2, -0.15) is 0 Å². The van der Waals surface area contributed by atoms with Gasteiger partial charge in [-0.15, -0.1) is 11.8 Å². The van der Waals surface area contributed by atoms with E-state index in [0.717, 1.165) is 6.54 Å². The van der Waals surface area contributed by atoms with Crippen molar-refractivity contribution in [2.45, 2.75) is 11.3 Å². The van der Waals surface area contributed by atoms with Gasteiger partial charge in [-0.05, 0) is 30.5 Å². The third-order valence-electron chi connectivity index (χ3n) is 3.50. The second-order valence-electron chi connectivity index (χ2n) is 5.47. The smallest absolute Gasteiger partial charge is 0.0784 e. The lowest BCUT2D eigenvalue weighted by Crippen LogP contribution is -3.05. The molecule has 0 aliphatic heterocycles. The van der Waals surface area contributed by atoms with Crippen LogP contribution in [0.2, 0.25) is 0 Å². The Balaban J connectivity index is 0.00000242. The Morgan fingerprint density at radius 1 is 0.955 bits per heavy atom. The first-order valence-corrected chi connectivity index (χ1v) is 8.69. The lowest BCUT2D eigenvalue weighted by molar-refractivity contribution is -0.858. The fourth-order valence-corrected chi connectivity index (χ4v) is 3.04. The van der Waals surface area contributed by atoms with Crippen LogP contribution in [0.1, 0.15) is 6.42 Å². The summed E-state index contributed by atoms with van der Waals surface area (Å²) in [7, 11) is 4.42. The molecule has 0 unspecified atom stereocenters. The number of anilines is 2. The zero-order valence-corrected chi connectivity index (χ0v) is 15.1. The molecule has 0 radical (unpaired) electrons. The topological polar surface area (TPSA) is 7.68 Å². The van der Waals surface area contributed by atoms with Gasteiger partial charge in [0.25, 0.3) is 0 Å². The molecule has 0 fully saturated rings. The Morgan fingerprint density at radius 3 is 2.23 bits per heavy atom. The average Bonchev–Trinajstić information content (AvgIpc) is 2.52. The van der Waals surface area contributed by atoms with E-state index in [1.54, 1.807) is 0 Å². The lowest BCUT2D eigenvalue weighted by atomic mass is 10.2. The molecule has 2 nitrogen and oxygen atoms in total. The molecule has 0 aliphatic carbocycles. The molecule has 0 bridgehead atoms. The SMILES string of the molecule is CSc1ccccc1N(CCC[NH+](C)C)c1ccccc1.[Cl-]. The Hall–Kier alpha value is -1.16. The van der Waals surface area contributed by atoms with Crippen LogP contribution in [0, 0.1) is 0 Å². The van der Waals surface area contributed by atoms with Gasteiger partial charge in [0.05, 0.1) is 26.3 Å². The maximum absolute atomic E-state index is 2.44. The second-order valence-corrected chi connectivity index (χ2v) is 6.32. The van der Waals surface area contributed by atoms with Crippen molar-refractivity contribution in [1.82, 2.24) is 0 Å². The summed E-state index contributed by atoms with van der Waals surface area (Å²) < 4.78 is 0. The van der Waals surface area contributed by atoms with Crippen LogP contribution in [0.15, 0.2) is 59.5 Å². The van der Waals surface area contributed by atoms with Crippen LogP contribution in [0.5, 0.6) is 0 Å². The number of thioether (sulfide) groups is 1. The number of nitrogens with zero attached hydrogens (tertiary/aromatic N) is 1. The van der Waals surface area contributed by atoms with Gasteiger partial charge in [-0.25, -0.2) is 0 Å². The minimum Gasteiger partial charge on any atom is -1.00 e. The third kappa shape index (κ3) is 5.24. The summed E-state index contributed by atoms with van der Waals surface area (Å²) >= 11 is 1.81. The van der Waals surface area contributed by atoms with Crippen LogP contribution >= 0.6 is 11.8 Å². The van der Waals surface area contributed by atoms with E-state index in [4.69, 9.17) is 0 Å². The first-order valence-electron chi connectivity index (χ1n) is 7.47. The van der Waals surface area contributed by atoms with Crippen LogP contribution in [0.4, 0.5) is 11.4 Å². The highest BCUT2D eigenvalue weighted by molar-refractivity contribution is 7.98. The van der Waals surface area contributed by atoms with E-state index in [9.17, 15) is 0 Å².